The number of halogens is 1. The fourth-order valence-electron chi connectivity index (χ4n) is 1.70. The molecule has 1 unspecified atom stereocenters. The summed E-state index contributed by atoms with van der Waals surface area (Å²) in [4.78, 5) is 20.8. The van der Waals surface area contributed by atoms with Crippen LogP contribution in [0.3, 0.4) is 0 Å². The molecule has 0 saturated carbocycles. The Bertz CT molecular complexity index is 384. The number of carbonyl (C=O) groups excluding carboxylic acids is 1. The van der Waals surface area contributed by atoms with Crippen LogP contribution in [0.4, 0.5) is 5.82 Å². The van der Waals surface area contributed by atoms with Crippen molar-refractivity contribution in [2.45, 2.75) is 6.42 Å². The second-order valence-corrected chi connectivity index (χ2v) is 3.86. The van der Waals surface area contributed by atoms with E-state index in [4.69, 9.17) is 17.3 Å². The predicted molar refractivity (Wildman–Crippen MR) is 56.6 cm³/mol. The summed E-state index contributed by atoms with van der Waals surface area (Å²) in [6.07, 6.45) is 2.37. The number of rotatable bonds is 2. The van der Waals surface area contributed by atoms with Crippen LogP contribution in [0.15, 0.2) is 12.3 Å². The zero-order valence-electron chi connectivity index (χ0n) is 8.06. The maximum atomic E-state index is 11.0. The first-order valence-corrected chi connectivity index (χ1v) is 5.07. The monoisotopic (exact) mass is 226 g/mol. The predicted octanol–water partition coefficient (Wildman–Crippen LogP) is 0.442. The molecule has 1 fully saturated rings. The van der Waals surface area contributed by atoms with Crippen molar-refractivity contribution in [2.24, 2.45) is 11.7 Å². The zero-order valence-corrected chi connectivity index (χ0v) is 8.81. The van der Waals surface area contributed by atoms with Crippen LogP contribution in [0.25, 0.3) is 0 Å². The van der Waals surface area contributed by atoms with Crippen molar-refractivity contribution in [1.29, 1.82) is 0 Å². The average molecular weight is 227 g/mol. The Kier molecular flexibility index (Phi) is 2.73. The van der Waals surface area contributed by atoms with E-state index in [1.807, 2.05) is 4.90 Å². The van der Waals surface area contributed by atoms with Crippen LogP contribution in [0, 0.1) is 5.92 Å². The molecule has 6 heteroatoms. The first-order chi connectivity index (χ1) is 7.16. The number of hydrogen-bond acceptors (Lipinski definition) is 4. The van der Waals surface area contributed by atoms with Gasteiger partial charge in [0, 0.05) is 19.3 Å². The Morgan fingerprint density at radius 3 is 3.07 bits per heavy atom. The molecule has 5 nitrogen and oxygen atoms in total. The molecule has 15 heavy (non-hydrogen) atoms. The molecule has 0 radical (unpaired) electrons. The van der Waals surface area contributed by atoms with Crippen molar-refractivity contribution < 1.29 is 4.79 Å². The van der Waals surface area contributed by atoms with Gasteiger partial charge in [-0.3, -0.25) is 4.79 Å². The van der Waals surface area contributed by atoms with Gasteiger partial charge in [-0.05, 0) is 24.1 Å². The summed E-state index contributed by atoms with van der Waals surface area (Å²) in [7, 11) is 0. The third-order valence-corrected chi connectivity index (χ3v) is 2.71. The van der Waals surface area contributed by atoms with Gasteiger partial charge in [0.1, 0.15) is 5.82 Å². The standard InChI is InChI=1S/C9H11ClN4O/c10-9-12-3-1-7(13-9)14-4-2-6(5-14)8(11)15/h1,3,6H,2,4-5H2,(H2,11,15). The van der Waals surface area contributed by atoms with Crippen molar-refractivity contribution in [3.05, 3.63) is 17.5 Å². The van der Waals surface area contributed by atoms with Crippen LogP contribution in [0.5, 0.6) is 0 Å². The van der Waals surface area contributed by atoms with Gasteiger partial charge in [0.15, 0.2) is 0 Å². The summed E-state index contributed by atoms with van der Waals surface area (Å²) >= 11 is 5.68. The lowest BCUT2D eigenvalue weighted by Crippen LogP contribution is -2.27. The number of hydrogen-bond donors (Lipinski definition) is 1. The summed E-state index contributed by atoms with van der Waals surface area (Å²) in [5, 5.41) is 0.218. The topological polar surface area (TPSA) is 72.1 Å². The van der Waals surface area contributed by atoms with E-state index in [0.717, 1.165) is 18.8 Å². The van der Waals surface area contributed by atoms with Crippen LogP contribution >= 0.6 is 11.6 Å². The quantitative estimate of drug-likeness (QED) is 0.743. The van der Waals surface area contributed by atoms with Crippen LogP contribution < -0.4 is 10.6 Å². The number of carbonyl (C=O) groups is 1. The van der Waals surface area contributed by atoms with E-state index in [2.05, 4.69) is 9.97 Å². The summed E-state index contributed by atoms with van der Waals surface area (Å²) in [6, 6.07) is 1.77. The minimum atomic E-state index is -0.252. The van der Waals surface area contributed by atoms with Gasteiger partial charge in [-0.2, -0.15) is 0 Å². The minimum absolute atomic E-state index is 0.0845. The van der Waals surface area contributed by atoms with E-state index in [0.29, 0.717) is 6.54 Å². The molecule has 0 bridgehead atoms. The molecule has 1 aromatic heterocycles. The van der Waals surface area contributed by atoms with Gasteiger partial charge in [0.2, 0.25) is 11.2 Å². The van der Waals surface area contributed by atoms with Crippen molar-refractivity contribution >= 4 is 23.3 Å². The van der Waals surface area contributed by atoms with Crippen molar-refractivity contribution in [1.82, 2.24) is 9.97 Å². The van der Waals surface area contributed by atoms with Crippen LogP contribution in [-0.4, -0.2) is 29.0 Å². The largest absolute Gasteiger partial charge is 0.369 e. The maximum Gasteiger partial charge on any atom is 0.224 e. The Labute approximate surface area is 92.3 Å². The molecule has 1 aromatic rings. The normalized spacial score (nSPS) is 20.6. The fraction of sp³-hybridized carbons (Fsp3) is 0.444. The van der Waals surface area contributed by atoms with Crippen LogP contribution in [0.1, 0.15) is 6.42 Å². The Balaban J connectivity index is 2.11. The molecule has 80 valence electrons. The number of anilines is 1. The summed E-state index contributed by atoms with van der Waals surface area (Å²) in [5.41, 5.74) is 5.24. The second-order valence-electron chi connectivity index (χ2n) is 3.52. The van der Waals surface area contributed by atoms with Gasteiger partial charge in [-0.15, -0.1) is 0 Å². The number of amides is 1. The minimum Gasteiger partial charge on any atom is -0.369 e. The highest BCUT2D eigenvalue weighted by Gasteiger charge is 2.27. The van der Waals surface area contributed by atoms with E-state index in [1.54, 1.807) is 12.3 Å². The first-order valence-electron chi connectivity index (χ1n) is 4.69. The summed E-state index contributed by atoms with van der Waals surface area (Å²) in [5.74, 6) is 0.412. The van der Waals surface area contributed by atoms with Crippen molar-refractivity contribution in [3.63, 3.8) is 0 Å². The Hall–Kier alpha value is -1.36. The highest BCUT2D eigenvalue weighted by atomic mass is 35.5. The number of primary amides is 1. The Morgan fingerprint density at radius 1 is 1.67 bits per heavy atom. The van der Waals surface area contributed by atoms with E-state index < -0.39 is 0 Å². The van der Waals surface area contributed by atoms with E-state index in [1.165, 1.54) is 0 Å². The lowest BCUT2D eigenvalue weighted by atomic mass is 10.1. The van der Waals surface area contributed by atoms with Gasteiger partial charge < -0.3 is 10.6 Å². The average Bonchev–Trinajstić information content (AvgIpc) is 2.66. The van der Waals surface area contributed by atoms with E-state index in [-0.39, 0.29) is 17.1 Å². The molecule has 1 amide bonds. The molecule has 2 heterocycles. The first kappa shape index (κ1) is 10.2. The van der Waals surface area contributed by atoms with Gasteiger partial charge in [0.25, 0.3) is 0 Å². The zero-order chi connectivity index (χ0) is 10.8. The van der Waals surface area contributed by atoms with Crippen LogP contribution in [-0.2, 0) is 4.79 Å². The van der Waals surface area contributed by atoms with Gasteiger partial charge in [-0.1, -0.05) is 0 Å². The summed E-state index contributed by atoms with van der Waals surface area (Å²) in [6.45, 7) is 1.39. The SMILES string of the molecule is NC(=O)C1CCN(c2ccnc(Cl)n2)C1. The smallest absolute Gasteiger partial charge is 0.224 e. The molecular weight excluding hydrogens is 216 g/mol. The lowest BCUT2D eigenvalue weighted by Gasteiger charge is -2.16. The maximum absolute atomic E-state index is 11.0. The molecular formula is C9H11ClN4O. The molecule has 2 rings (SSSR count). The third kappa shape index (κ3) is 2.18. The third-order valence-electron chi connectivity index (χ3n) is 2.53. The molecule has 1 atom stereocenters. The molecule has 0 spiro atoms. The highest BCUT2D eigenvalue weighted by Crippen LogP contribution is 2.22. The van der Waals surface area contributed by atoms with E-state index in [9.17, 15) is 4.79 Å². The van der Waals surface area contributed by atoms with Gasteiger partial charge >= 0.3 is 0 Å². The van der Waals surface area contributed by atoms with Crippen molar-refractivity contribution in [3.8, 4) is 0 Å². The Morgan fingerprint density at radius 2 is 2.47 bits per heavy atom. The fourth-order valence-corrected chi connectivity index (χ4v) is 1.85. The number of aromatic nitrogens is 2. The second kappa shape index (κ2) is 4.02. The molecule has 1 saturated heterocycles. The summed E-state index contributed by atoms with van der Waals surface area (Å²) < 4.78 is 0. The van der Waals surface area contributed by atoms with E-state index >= 15 is 0 Å². The lowest BCUT2D eigenvalue weighted by molar-refractivity contribution is -0.121. The molecule has 2 N–H and O–H groups in total. The highest BCUT2D eigenvalue weighted by molar-refractivity contribution is 6.28. The van der Waals surface area contributed by atoms with Crippen molar-refractivity contribution in [2.75, 3.05) is 18.0 Å². The van der Waals surface area contributed by atoms with Gasteiger partial charge in [0.05, 0.1) is 5.92 Å². The number of nitrogens with zero attached hydrogens (tertiary/aromatic N) is 3. The molecule has 1 aliphatic rings. The number of nitrogens with two attached hydrogens (primary N) is 1. The molecule has 0 aliphatic carbocycles. The van der Waals surface area contributed by atoms with Crippen LogP contribution in [0.2, 0.25) is 5.28 Å². The molecule has 0 aromatic carbocycles. The van der Waals surface area contributed by atoms with Gasteiger partial charge in [-0.25, -0.2) is 9.97 Å². The molecule has 1 aliphatic heterocycles.